The molecule has 0 bridgehead atoms. The molecule has 2 aromatic heterocycles. The molecule has 1 saturated heterocycles. The summed E-state index contributed by atoms with van der Waals surface area (Å²) in [4.78, 5) is 32.3. The number of ether oxygens (including phenoxy) is 1. The Hall–Kier alpha value is -4.69. The third kappa shape index (κ3) is 5.77. The van der Waals surface area contributed by atoms with E-state index in [0.29, 0.717) is 46.6 Å². The lowest BCUT2D eigenvalue weighted by molar-refractivity contribution is -0.131. The second kappa shape index (κ2) is 11.8. The van der Waals surface area contributed by atoms with Gasteiger partial charge < -0.3 is 19.4 Å². The number of carbonyl (C=O) groups is 1. The highest BCUT2D eigenvalue weighted by Crippen LogP contribution is 2.46. The fourth-order valence-corrected chi connectivity index (χ4v) is 6.10. The van der Waals surface area contributed by atoms with Crippen LogP contribution in [-0.4, -0.2) is 83.6 Å². The van der Waals surface area contributed by atoms with Crippen LogP contribution in [0.1, 0.15) is 19.3 Å². The molecule has 0 spiro atoms. The van der Waals surface area contributed by atoms with Crippen LogP contribution in [0.5, 0.6) is 6.01 Å². The van der Waals surface area contributed by atoms with Gasteiger partial charge in [0.05, 0.1) is 36.2 Å². The van der Waals surface area contributed by atoms with E-state index in [-0.39, 0.29) is 36.8 Å². The summed E-state index contributed by atoms with van der Waals surface area (Å²) in [6.45, 7) is 5.25. The molecule has 1 atom stereocenters. The van der Waals surface area contributed by atoms with Crippen LogP contribution in [0.4, 0.5) is 14.6 Å². The van der Waals surface area contributed by atoms with Crippen molar-refractivity contribution in [3.05, 3.63) is 66.8 Å². The topological polar surface area (TPSA) is 98.5 Å². The highest BCUT2D eigenvalue weighted by molar-refractivity contribution is 5.98. The zero-order valence-electron chi connectivity index (χ0n) is 24.8. The standard InChI is InChI=1S/C33H33F2N7O2/c1-21(34)31(43)42-17-16-41(18-23(42)12-15-36)30-25-10-11-27(24-8-4-6-22-7-5-9-26(35)28(22)24)37-29(25)38-32(39-30)44-20-33(13-14-33)19-40(2)3/h4-11,23H,1,12-14,16-20H2,2-3H3/t23-/m0/s1. The van der Waals surface area contributed by atoms with Crippen LogP contribution >= 0.6 is 0 Å². The first kappa shape index (κ1) is 29.4. The number of aromatic nitrogens is 3. The van der Waals surface area contributed by atoms with Gasteiger partial charge in [0.1, 0.15) is 11.6 Å². The van der Waals surface area contributed by atoms with Crippen LogP contribution in [0, 0.1) is 22.6 Å². The van der Waals surface area contributed by atoms with Gasteiger partial charge in [-0.2, -0.15) is 15.2 Å². The molecule has 1 amide bonds. The van der Waals surface area contributed by atoms with Gasteiger partial charge in [0.15, 0.2) is 11.5 Å². The first-order chi connectivity index (χ1) is 21.2. The Bertz CT molecular complexity index is 1800. The number of hydrogen-bond donors (Lipinski definition) is 0. The van der Waals surface area contributed by atoms with Gasteiger partial charge in [-0.25, -0.2) is 13.8 Å². The number of anilines is 1. The fraction of sp³-hybridized carbons (Fsp3) is 0.364. The van der Waals surface area contributed by atoms with E-state index in [9.17, 15) is 14.4 Å². The third-order valence-corrected chi connectivity index (χ3v) is 8.37. The van der Waals surface area contributed by atoms with E-state index < -0.39 is 17.8 Å². The lowest BCUT2D eigenvalue weighted by atomic mass is 10.0. The number of piperazine rings is 1. The van der Waals surface area contributed by atoms with Crippen LogP contribution in [0.25, 0.3) is 33.1 Å². The molecular formula is C33H33F2N7O2. The van der Waals surface area contributed by atoms with Crippen molar-refractivity contribution in [2.75, 3.05) is 51.8 Å². The van der Waals surface area contributed by atoms with Gasteiger partial charge in [-0.05, 0) is 50.5 Å². The van der Waals surface area contributed by atoms with E-state index in [4.69, 9.17) is 19.7 Å². The largest absolute Gasteiger partial charge is 0.463 e. The van der Waals surface area contributed by atoms with Crippen LogP contribution < -0.4 is 9.64 Å². The summed E-state index contributed by atoms with van der Waals surface area (Å²) in [6, 6.07) is 15.9. The highest BCUT2D eigenvalue weighted by Gasteiger charge is 2.44. The number of hydrogen-bond acceptors (Lipinski definition) is 8. The van der Waals surface area contributed by atoms with Crippen molar-refractivity contribution >= 4 is 33.5 Å². The maximum absolute atomic E-state index is 15.0. The average Bonchev–Trinajstić information content (AvgIpc) is 3.77. The van der Waals surface area contributed by atoms with Gasteiger partial charge >= 0.3 is 6.01 Å². The number of rotatable bonds is 9. The van der Waals surface area contributed by atoms with Crippen molar-refractivity contribution in [1.29, 1.82) is 5.26 Å². The predicted molar refractivity (Wildman–Crippen MR) is 164 cm³/mol. The second-order valence-electron chi connectivity index (χ2n) is 11.9. The van der Waals surface area contributed by atoms with Gasteiger partial charge in [0.25, 0.3) is 5.91 Å². The zero-order chi connectivity index (χ0) is 31.0. The van der Waals surface area contributed by atoms with E-state index in [1.165, 1.54) is 11.0 Å². The normalized spacial score (nSPS) is 17.6. The van der Waals surface area contributed by atoms with Crippen molar-refractivity contribution in [2.45, 2.75) is 25.3 Å². The van der Waals surface area contributed by atoms with Crippen molar-refractivity contribution in [2.24, 2.45) is 5.41 Å². The maximum atomic E-state index is 15.0. The molecule has 3 heterocycles. The Morgan fingerprint density at radius 1 is 1.14 bits per heavy atom. The molecule has 0 radical (unpaired) electrons. The highest BCUT2D eigenvalue weighted by atomic mass is 19.1. The first-order valence-corrected chi connectivity index (χ1v) is 14.6. The second-order valence-corrected chi connectivity index (χ2v) is 11.9. The number of nitriles is 1. The van der Waals surface area contributed by atoms with E-state index in [0.717, 1.165) is 24.8 Å². The molecule has 0 unspecified atom stereocenters. The number of pyridine rings is 1. The molecule has 6 rings (SSSR count). The molecule has 2 aliphatic rings. The number of carbonyl (C=O) groups excluding carboxylic acids is 1. The van der Waals surface area contributed by atoms with Gasteiger partial charge in [-0.3, -0.25) is 4.79 Å². The number of amides is 1. The molecular weight excluding hydrogens is 564 g/mol. The lowest BCUT2D eigenvalue weighted by Gasteiger charge is -2.41. The minimum Gasteiger partial charge on any atom is -0.463 e. The molecule has 2 fully saturated rings. The summed E-state index contributed by atoms with van der Waals surface area (Å²) in [5.74, 6) is -1.67. The first-order valence-electron chi connectivity index (χ1n) is 14.6. The molecule has 2 aromatic carbocycles. The summed E-state index contributed by atoms with van der Waals surface area (Å²) in [6.07, 6.45) is 2.11. The fourth-order valence-electron chi connectivity index (χ4n) is 6.10. The van der Waals surface area contributed by atoms with Crippen molar-refractivity contribution in [3.63, 3.8) is 0 Å². The Kier molecular flexibility index (Phi) is 7.86. The number of nitrogens with zero attached hydrogens (tertiary/aromatic N) is 7. The van der Waals surface area contributed by atoms with E-state index in [2.05, 4.69) is 17.5 Å². The number of halogens is 2. The maximum Gasteiger partial charge on any atom is 0.320 e. The quantitative estimate of drug-likeness (QED) is 0.245. The molecule has 1 saturated carbocycles. The van der Waals surface area contributed by atoms with Gasteiger partial charge in [-0.15, -0.1) is 0 Å². The third-order valence-electron chi connectivity index (χ3n) is 8.37. The van der Waals surface area contributed by atoms with Gasteiger partial charge in [-0.1, -0.05) is 36.9 Å². The average molecular weight is 598 g/mol. The van der Waals surface area contributed by atoms with E-state index in [1.54, 1.807) is 6.07 Å². The Balaban J connectivity index is 1.41. The summed E-state index contributed by atoms with van der Waals surface area (Å²) >= 11 is 0. The predicted octanol–water partition coefficient (Wildman–Crippen LogP) is 5.12. The molecule has 4 aromatic rings. The molecule has 1 aliphatic heterocycles. The zero-order valence-corrected chi connectivity index (χ0v) is 24.8. The molecule has 44 heavy (non-hydrogen) atoms. The lowest BCUT2D eigenvalue weighted by Crippen LogP contribution is -2.55. The Morgan fingerprint density at radius 2 is 1.91 bits per heavy atom. The summed E-state index contributed by atoms with van der Waals surface area (Å²) < 4.78 is 35.0. The van der Waals surface area contributed by atoms with Gasteiger partial charge in [0, 0.05) is 42.5 Å². The Morgan fingerprint density at radius 3 is 2.61 bits per heavy atom. The number of benzene rings is 2. The van der Waals surface area contributed by atoms with Gasteiger partial charge in [0.2, 0.25) is 0 Å². The van der Waals surface area contributed by atoms with Crippen molar-refractivity contribution in [3.8, 4) is 23.3 Å². The molecule has 9 nitrogen and oxygen atoms in total. The van der Waals surface area contributed by atoms with Crippen molar-refractivity contribution < 1.29 is 18.3 Å². The summed E-state index contributed by atoms with van der Waals surface area (Å²) in [7, 11) is 4.07. The number of fused-ring (bicyclic) bond motifs is 2. The van der Waals surface area contributed by atoms with E-state index in [1.807, 2.05) is 55.4 Å². The van der Waals surface area contributed by atoms with Crippen molar-refractivity contribution in [1.82, 2.24) is 24.8 Å². The van der Waals surface area contributed by atoms with Crippen LogP contribution in [0.2, 0.25) is 0 Å². The monoisotopic (exact) mass is 597 g/mol. The van der Waals surface area contributed by atoms with E-state index >= 15 is 4.39 Å². The van der Waals surface area contributed by atoms with Crippen LogP contribution in [-0.2, 0) is 4.79 Å². The Labute approximate surface area is 254 Å². The smallest absolute Gasteiger partial charge is 0.320 e. The molecule has 1 aliphatic carbocycles. The molecule has 0 N–H and O–H groups in total. The van der Waals surface area contributed by atoms with Crippen LogP contribution in [0.3, 0.4) is 0 Å². The SMILES string of the molecule is C=C(F)C(=O)N1CCN(c2nc(OCC3(CN(C)C)CC3)nc3nc(-c4cccc5cccc(F)c45)ccc23)C[C@@H]1CC#N. The molecule has 11 heteroatoms. The summed E-state index contributed by atoms with van der Waals surface area (Å²) in [5, 5.41) is 11.3. The summed E-state index contributed by atoms with van der Waals surface area (Å²) in [5.41, 5.74) is 1.60. The minimum absolute atomic E-state index is 0.0178. The van der Waals surface area contributed by atoms with Crippen LogP contribution in [0.15, 0.2) is 60.9 Å². The minimum atomic E-state index is -1.06. The molecule has 226 valence electrons.